The van der Waals surface area contributed by atoms with Crippen LogP contribution in [-0.4, -0.2) is 21.3 Å². The fourth-order valence-electron chi connectivity index (χ4n) is 1.98. The van der Waals surface area contributed by atoms with E-state index in [0.717, 1.165) is 36.5 Å². The molecule has 0 aliphatic carbocycles. The Balaban J connectivity index is 1.71. The molecule has 0 saturated heterocycles. The zero-order valence-corrected chi connectivity index (χ0v) is 11.2. The van der Waals surface area contributed by atoms with Gasteiger partial charge in [-0.25, -0.2) is 4.98 Å². The van der Waals surface area contributed by atoms with Crippen LogP contribution in [0.4, 0.5) is 0 Å². The van der Waals surface area contributed by atoms with Gasteiger partial charge in [0, 0.05) is 24.5 Å². The van der Waals surface area contributed by atoms with Gasteiger partial charge in [0.1, 0.15) is 11.6 Å². The molecule has 0 aliphatic heterocycles. The summed E-state index contributed by atoms with van der Waals surface area (Å²) in [6, 6.07) is 7.60. The van der Waals surface area contributed by atoms with E-state index >= 15 is 0 Å². The second kappa shape index (κ2) is 6.95. The number of rotatable bonds is 7. The van der Waals surface area contributed by atoms with Gasteiger partial charge in [-0.05, 0) is 25.8 Å². The third-order valence-electron chi connectivity index (χ3n) is 3.12. The van der Waals surface area contributed by atoms with E-state index in [2.05, 4.69) is 9.55 Å². The van der Waals surface area contributed by atoms with Crippen molar-refractivity contribution in [2.45, 2.75) is 32.9 Å². The summed E-state index contributed by atoms with van der Waals surface area (Å²) in [5, 5.41) is 9.19. The molecule has 1 N–H and O–H groups in total. The van der Waals surface area contributed by atoms with E-state index in [1.165, 1.54) is 0 Å². The smallest absolute Gasteiger partial charge is 0.124 e. The van der Waals surface area contributed by atoms with Gasteiger partial charge in [-0.15, -0.1) is 0 Å². The predicted molar refractivity (Wildman–Crippen MR) is 74.1 cm³/mol. The molecule has 2 aromatic rings. The van der Waals surface area contributed by atoms with Crippen molar-refractivity contribution in [2.24, 2.45) is 0 Å². The lowest BCUT2D eigenvalue weighted by Gasteiger charge is -2.10. The topological polar surface area (TPSA) is 47.3 Å². The highest BCUT2D eigenvalue weighted by molar-refractivity contribution is 5.32. The molecule has 1 aromatic carbocycles. The normalized spacial score (nSPS) is 10.6. The Morgan fingerprint density at radius 1 is 1.26 bits per heavy atom. The zero-order valence-electron chi connectivity index (χ0n) is 11.2. The third-order valence-corrected chi connectivity index (χ3v) is 3.12. The van der Waals surface area contributed by atoms with Crippen LogP contribution < -0.4 is 4.74 Å². The minimum Gasteiger partial charge on any atom is -0.493 e. The summed E-state index contributed by atoms with van der Waals surface area (Å²) in [4.78, 5) is 4.19. The number of para-hydroxylation sites is 1. The van der Waals surface area contributed by atoms with Crippen LogP contribution >= 0.6 is 0 Å². The van der Waals surface area contributed by atoms with Crippen molar-refractivity contribution >= 4 is 0 Å². The number of hydrogen-bond acceptors (Lipinski definition) is 3. The average molecular weight is 260 g/mol. The molecule has 4 heteroatoms. The van der Waals surface area contributed by atoms with Gasteiger partial charge in [0.15, 0.2) is 0 Å². The quantitative estimate of drug-likeness (QED) is 0.778. The largest absolute Gasteiger partial charge is 0.493 e. The highest BCUT2D eigenvalue weighted by Gasteiger charge is 2.01. The van der Waals surface area contributed by atoms with E-state index in [1.54, 1.807) is 0 Å². The van der Waals surface area contributed by atoms with Crippen LogP contribution in [0, 0.1) is 6.92 Å². The van der Waals surface area contributed by atoms with Gasteiger partial charge < -0.3 is 14.4 Å². The summed E-state index contributed by atoms with van der Waals surface area (Å²) in [6.07, 6.45) is 5.86. The maximum Gasteiger partial charge on any atom is 0.124 e. The number of hydrogen-bond donors (Lipinski definition) is 1. The highest BCUT2D eigenvalue weighted by atomic mass is 16.5. The zero-order chi connectivity index (χ0) is 13.5. The molecule has 4 nitrogen and oxygen atoms in total. The molecule has 0 amide bonds. The van der Waals surface area contributed by atoms with Crippen LogP contribution in [0.5, 0.6) is 5.75 Å². The lowest BCUT2D eigenvalue weighted by Crippen LogP contribution is -2.04. The number of benzene rings is 1. The summed E-state index contributed by atoms with van der Waals surface area (Å²) in [5.41, 5.74) is 0.841. The summed E-state index contributed by atoms with van der Waals surface area (Å²) in [5.74, 6) is 1.83. The number of aliphatic hydroxyl groups excluding tert-OH is 1. The maximum absolute atomic E-state index is 9.19. The van der Waals surface area contributed by atoms with Crippen molar-refractivity contribution < 1.29 is 9.84 Å². The summed E-state index contributed by atoms with van der Waals surface area (Å²) in [7, 11) is 0. The van der Waals surface area contributed by atoms with Gasteiger partial charge in [-0.2, -0.15) is 0 Å². The van der Waals surface area contributed by atoms with Gasteiger partial charge in [-0.3, -0.25) is 0 Å². The minimum absolute atomic E-state index is 0.0183. The first-order chi connectivity index (χ1) is 9.31. The van der Waals surface area contributed by atoms with Crippen molar-refractivity contribution in [1.29, 1.82) is 0 Å². The standard InChI is InChI=1S/C15H20N2O2/c1-13-16-8-10-17(13)9-4-5-11-19-15-7-3-2-6-14(15)12-18/h2-3,6-8,10,18H,4-5,9,11-12H2,1H3. The van der Waals surface area contributed by atoms with E-state index in [0.29, 0.717) is 6.61 Å². The SMILES string of the molecule is Cc1nccn1CCCCOc1ccccc1CO. The summed E-state index contributed by atoms with van der Waals surface area (Å²) in [6.45, 7) is 3.67. The summed E-state index contributed by atoms with van der Waals surface area (Å²) >= 11 is 0. The molecule has 0 fully saturated rings. The number of aromatic nitrogens is 2. The molecule has 0 bridgehead atoms. The van der Waals surface area contributed by atoms with Crippen LogP contribution in [0.1, 0.15) is 24.2 Å². The van der Waals surface area contributed by atoms with E-state index in [9.17, 15) is 5.11 Å². The Morgan fingerprint density at radius 2 is 2.11 bits per heavy atom. The van der Waals surface area contributed by atoms with Gasteiger partial charge >= 0.3 is 0 Å². The van der Waals surface area contributed by atoms with Crippen molar-refractivity contribution in [3.05, 3.63) is 48.0 Å². The van der Waals surface area contributed by atoms with Crippen molar-refractivity contribution in [3.63, 3.8) is 0 Å². The number of ether oxygens (including phenoxy) is 1. The molecule has 1 aromatic heterocycles. The van der Waals surface area contributed by atoms with Crippen LogP contribution in [0.2, 0.25) is 0 Å². The molecule has 2 rings (SSSR count). The van der Waals surface area contributed by atoms with Crippen molar-refractivity contribution in [1.82, 2.24) is 9.55 Å². The second-order valence-corrected chi connectivity index (χ2v) is 4.49. The molecular weight excluding hydrogens is 240 g/mol. The molecule has 19 heavy (non-hydrogen) atoms. The van der Waals surface area contributed by atoms with Crippen LogP contribution in [-0.2, 0) is 13.2 Å². The number of nitrogens with zero attached hydrogens (tertiary/aromatic N) is 2. The number of imidazole rings is 1. The molecule has 0 radical (unpaired) electrons. The maximum atomic E-state index is 9.19. The minimum atomic E-state index is 0.0183. The average Bonchev–Trinajstić information content (AvgIpc) is 2.84. The monoisotopic (exact) mass is 260 g/mol. The van der Waals surface area contributed by atoms with E-state index < -0.39 is 0 Å². The lowest BCUT2D eigenvalue weighted by molar-refractivity contribution is 0.259. The summed E-state index contributed by atoms with van der Waals surface area (Å²) < 4.78 is 7.83. The van der Waals surface area contributed by atoms with Gasteiger partial charge in [0.05, 0.1) is 13.2 Å². The number of aliphatic hydroxyl groups is 1. The Kier molecular flexibility index (Phi) is 4.98. The Labute approximate surface area is 113 Å². The number of aryl methyl sites for hydroxylation is 2. The van der Waals surface area contributed by atoms with Crippen molar-refractivity contribution in [2.75, 3.05) is 6.61 Å². The van der Waals surface area contributed by atoms with Crippen molar-refractivity contribution in [3.8, 4) is 5.75 Å². The van der Waals surface area contributed by atoms with E-state index in [4.69, 9.17) is 4.74 Å². The third kappa shape index (κ3) is 3.83. The van der Waals surface area contributed by atoms with Gasteiger partial charge in [0.2, 0.25) is 0 Å². The van der Waals surface area contributed by atoms with Crippen LogP contribution in [0.15, 0.2) is 36.7 Å². The molecule has 0 spiro atoms. The molecule has 0 unspecified atom stereocenters. The number of unbranched alkanes of at least 4 members (excludes halogenated alkanes) is 1. The molecule has 0 saturated carbocycles. The molecule has 1 heterocycles. The Hall–Kier alpha value is -1.81. The van der Waals surface area contributed by atoms with Crippen LogP contribution in [0.3, 0.4) is 0 Å². The van der Waals surface area contributed by atoms with Gasteiger partial charge in [0.25, 0.3) is 0 Å². The Bertz CT molecular complexity index is 508. The molecule has 0 atom stereocenters. The van der Waals surface area contributed by atoms with Gasteiger partial charge in [-0.1, -0.05) is 18.2 Å². The highest BCUT2D eigenvalue weighted by Crippen LogP contribution is 2.17. The first kappa shape index (κ1) is 13.6. The fraction of sp³-hybridized carbons (Fsp3) is 0.400. The fourth-order valence-corrected chi connectivity index (χ4v) is 1.98. The Morgan fingerprint density at radius 3 is 2.84 bits per heavy atom. The van der Waals surface area contributed by atoms with E-state index in [-0.39, 0.29) is 6.61 Å². The van der Waals surface area contributed by atoms with Crippen LogP contribution in [0.25, 0.3) is 0 Å². The first-order valence-corrected chi connectivity index (χ1v) is 6.60. The van der Waals surface area contributed by atoms with E-state index in [1.807, 2.05) is 43.6 Å². The second-order valence-electron chi connectivity index (χ2n) is 4.49. The molecule has 0 aliphatic rings. The first-order valence-electron chi connectivity index (χ1n) is 6.60. The predicted octanol–water partition coefficient (Wildman–Crippen LogP) is 2.54. The molecular formula is C15H20N2O2. The lowest BCUT2D eigenvalue weighted by atomic mass is 10.2. The molecule has 102 valence electrons.